The Kier molecular flexibility index (Phi) is 5.30. The molecule has 3 aromatic rings. The van der Waals surface area contributed by atoms with Crippen LogP contribution < -0.4 is 5.32 Å². The molecule has 1 N–H and O–H groups in total. The van der Waals surface area contributed by atoms with Crippen molar-refractivity contribution in [1.82, 2.24) is 10.2 Å². The predicted octanol–water partition coefficient (Wildman–Crippen LogP) is 4.22. The van der Waals surface area contributed by atoms with Crippen molar-refractivity contribution in [2.24, 2.45) is 0 Å². The Morgan fingerprint density at radius 2 is 2.04 bits per heavy atom. The van der Waals surface area contributed by atoms with Gasteiger partial charge in [-0.3, -0.25) is 9.69 Å². The monoisotopic (exact) mass is 366 g/mol. The second-order valence-corrected chi connectivity index (χ2v) is 7.37. The van der Waals surface area contributed by atoms with Crippen LogP contribution in [0.4, 0.5) is 0 Å². The summed E-state index contributed by atoms with van der Waals surface area (Å²) in [5.41, 5.74) is 2.91. The van der Waals surface area contributed by atoms with Gasteiger partial charge < -0.3 is 14.2 Å². The summed E-state index contributed by atoms with van der Waals surface area (Å²) in [7, 11) is 0. The average Bonchev–Trinajstić information content (AvgIpc) is 3.33. The minimum absolute atomic E-state index is 0.00633. The van der Waals surface area contributed by atoms with Crippen molar-refractivity contribution in [3.8, 4) is 0 Å². The summed E-state index contributed by atoms with van der Waals surface area (Å²) in [5.74, 6) is 0.924. The third-order valence-electron chi connectivity index (χ3n) is 5.36. The van der Waals surface area contributed by atoms with Gasteiger partial charge in [0.05, 0.1) is 25.0 Å². The summed E-state index contributed by atoms with van der Waals surface area (Å²) >= 11 is 0. The average molecular weight is 366 g/mol. The molecule has 1 amide bonds. The van der Waals surface area contributed by atoms with Gasteiger partial charge in [-0.05, 0) is 56.6 Å². The molecule has 0 radical (unpaired) electrons. The molecular weight excluding hydrogens is 340 g/mol. The Morgan fingerprint density at radius 1 is 1.19 bits per heavy atom. The fourth-order valence-corrected chi connectivity index (χ4v) is 3.89. The van der Waals surface area contributed by atoms with E-state index in [2.05, 4.69) is 10.2 Å². The molecule has 0 saturated carbocycles. The number of rotatable bonds is 6. The van der Waals surface area contributed by atoms with E-state index in [-0.39, 0.29) is 11.9 Å². The molecule has 1 saturated heterocycles. The van der Waals surface area contributed by atoms with Crippen LogP contribution in [-0.2, 0) is 11.2 Å². The first-order chi connectivity index (χ1) is 13.2. The molecule has 0 aliphatic carbocycles. The van der Waals surface area contributed by atoms with Gasteiger partial charge in [0.1, 0.15) is 11.3 Å². The van der Waals surface area contributed by atoms with Crippen LogP contribution in [0.25, 0.3) is 11.0 Å². The number of amides is 1. The van der Waals surface area contributed by atoms with Gasteiger partial charge in [0, 0.05) is 17.5 Å². The van der Waals surface area contributed by atoms with Crippen LogP contribution in [0.3, 0.4) is 0 Å². The number of carbonyl (C=O) groups excluding carboxylic acids is 1. The Labute approximate surface area is 159 Å². The molecule has 0 bridgehead atoms. The summed E-state index contributed by atoms with van der Waals surface area (Å²) in [4.78, 5) is 15.0. The molecule has 1 atom stereocenters. The van der Waals surface area contributed by atoms with E-state index in [1.807, 2.05) is 37.3 Å². The normalized spacial score (nSPS) is 16.5. The first-order valence-corrected chi connectivity index (χ1v) is 9.71. The lowest BCUT2D eigenvalue weighted by Gasteiger charge is -2.33. The van der Waals surface area contributed by atoms with Gasteiger partial charge in [-0.2, -0.15) is 0 Å². The van der Waals surface area contributed by atoms with Crippen molar-refractivity contribution in [3.05, 3.63) is 59.7 Å². The van der Waals surface area contributed by atoms with Gasteiger partial charge in [0.2, 0.25) is 5.91 Å². The van der Waals surface area contributed by atoms with Gasteiger partial charge in [-0.25, -0.2) is 0 Å². The van der Waals surface area contributed by atoms with Crippen LogP contribution in [0, 0.1) is 6.92 Å². The summed E-state index contributed by atoms with van der Waals surface area (Å²) in [6.45, 7) is 4.69. The maximum atomic E-state index is 12.6. The predicted molar refractivity (Wildman–Crippen MR) is 105 cm³/mol. The number of carbonyl (C=O) groups is 1. The van der Waals surface area contributed by atoms with Gasteiger partial charge in [0.25, 0.3) is 0 Å². The molecule has 27 heavy (non-hydrogen) atoms. The third-order valence-corrected chi connectivity index (χ3v) is 5.36. The van der Waals surface area contributed by atoms with Crippen LogP contribution in [0.2, 0.25) is 0 Å². The molecule has 5 heteroatoms. The molecule has 1 aliphatic heterocycles. The highest BCUT2D eigenvalue weighted by molar-refractivity contribution is 5.87. The van der Waals surface area contributed by atoms with Gasteiger partial charge in [0.15, 0.2) is 0 Å². The van der Waals surface area contributed by atoms with Crippen LogP contribution in [0.15, 0.2) is 51.7 Å². The van der Waals surface area contributed by atoms with Gasteiger partial charge >= 0.3 is 0 Å². The number of nitrogens with one attached hydrogen (secondary N) is 1. The topological polar surface area (TPSA) is 58.6 Å². The van der Waals surface area contributed by atoms with Crippen molar-refractivity contribution < 1.29 is 13.6 Å². The Bertz CT molecular complexity index is 892. The lowest BCUT2D eigenvalue weighted by molar-refractivity contribution is -0.120. The molecule has 0 unspecified atom stereocenters. The first-order valence-electron chi connectivity index (χ1n) is 9.71. The summed E-state index contributed by atoms with van der Waals surface area (Å²) < 4.78 is 11.3. The third kappa shape index (κ3) is 4.08. The minimum atomic E-state index is 0.00633. The smallest absolute Gasteiger partial charge is 0.224 e. The zero-order chi connectivity index (χ0) is 18.6. The number of hydrogen-bond acceptors (Lipinski definition) is 4. The number of fused-ring (bicyclic) bond motifs is 1. The fourth-order valence-electron chi connectivity index (χ4n) is 3.89. The number of aryl methyl sites for hydroxylation is 1. The maximum Gasteiger partial charge on any atom is 0.224 e. The quantitative estimate of drug-likeness (QED) is 0.710. The molecule has 2 aromatic heterocycles. The van der Waals surface area contributed by atoms with Crippen molar-refractivity contribution in [2.75, 3.05) is 19.6 Å². The minimum Gasteiger partial charge on any atom is -0.468 e. The Balaban J connectivity index is 1.41. The van der Waals surface area contributed by atoms with Crippen LogP contribution in [-0.4, -0.2) is 30.4 Å². The number of benzene rings is 1. The summed E-state index contributed by atoms with van der Waals surface area (Å²) in [5, 5.41) is 4.11. The van der Waals surface area contributed by atoms with E-state index in [1.165, 1.54) is 19.3 Å². The van der Waals surface area contributed by atoms with Crippen molar-refractivity contribution in [3.63, 3.8) is 0 Å². The number of hydrogen-bond donors (Lipinski definition) is 1. The summed E-state index contributed by atoms with van der Waals surface area (Å²) in [6.07, 6.45) is 7.39. The lowest BCUT2D eigenvalue weighted by Crippen LogP contribution is -2.40. The standard InChI is InChI=1S/C22H26N2O3/c1-16-7-8-18-17(15-27-21(18)12-16)13-22(25)23-14-19(20-6-5-11-26-20)24-9-3-2-4-10-24/h5-8,11-12,15,19H,2-4,9-10,13-14H2,1H3,(H,23,25)/t19-/m1/s1. The summed E-state index contributed by atoms with van der Waals surface area (Å²) in [6, 6.07) is 10.1. The maximum absolute atomic E-state index is 12.6. The van der Waals surface area contributed by atoms with Crippen LogP contribution in [0.1, 0.15) is 42.2 Å². The molecule has 1 aliphatic rings. The Hall–Kier alpha value is -2.53. The van der Waals surface area contributed by atoms with E-state index in [0.717, 1.165) is 40.9 Å². The molecule has 5 nitrogen and oxygen atoms in total. The lowest BCUT2D eigenvalue weighted by atomic mass is 10.1. The zero-order valence-corrected chi connectivity index (χ0v) is 15.7. The molecule has 4 rings (SSSR count). The van der Waals surface area contributed by atoms with E-state index in [9.17, 15) is 4.79 Å². The van der Waals surface area contributed by atoms with Crippen LogP contribution in [0.5, 0.6) is 0 Å². The Morgan fingerprint density at radius 3 is 2.81 bits per heavy atom. The molecule has 1 fully saturated rings. The number of furan rings is 2. The van der Waals surface area contributed by atoms with Gasteiger partial charge in [-0.15, -0.1) is 0 Å². The molecular formula is C22H26N2O3. The highest BCUT2D eigenvalue weighted by Crippen LogP contribution is 2.25. The number of nitrogens with zero attached hydrogens (tertiary/aromatic N) is 1. The fraction of sp³-hybridized carbons (Fsp3) is 0.409. The van der Waals surface area contributed by atoms with E-state index in [4.69, 9.17) is 8.83 Å². The molecule has 142 valence electrons. The number of piperidine rings is 1. The highest BCUT2D eigenvalue weighted by Gasteiger charge is 2.25. The van der Waals surface area contributed by atoms with Crippen molar-refractivity contribution in [2.45, 2.75) is 38.6 Å². The van der Waals surface area contributed by atoms with E-state index in [0.29, 0.717) is 13.0 Å². The van der Waals surface area contributed by atoms with Crippen molar-refractivity contribution >= 4 is 16.9 Å². The SMILES string of the molecule is Cc1ccc2c(CC(=O)NC[C@H](c3ccco3)N3CCCCC3)coc2c1. The van der Waals surface area contributed by atoms with E-state index >= 15 is 0 Å². The van der Waals surface area contributed by atoms with E-state index < -0.39 is 0 Å². The second kappa shape index (κ2) is 8.01. The first kappa shape index (κ1) is 17.9. The zero-order valence-electron chi connectivity index (χ0n) is 15.7. The molecule has 0 spiro atoms. The van der Waals surface area contributed by atoms with Crippen LogP contribution >= 0.6 is 0 Å². The van der Waals surface area contributed by atoms with Gasteiger partial charge in [-0.1, -0.05) is 18.6 Å². The molecule has 1 aromatic carbocycles. The van der Waals surface area contributed by atoms with E-state index in [1.54, 1.807) is 12.5 Å². The largest absolute Gasteiger partial charge is 0.468 e. The second-order valence-electron chi connectivity index (χ2n) is 7.37. The van der Waals surface area contributed by atoms with Crippen molar-refractivity contribution in [1.29, 1.82) is 0 Å². The highest BCUT2D eigenvalue weighted by atomic mass is 16.3. The molecule has 3 heterocycles. The number of likely N-dealkylation sites (tertiary alicyclic amines) is 1.